The van der Waals surface area contributed by atoms with Crippen molar-refractivity contribution in [3.63, 3.8) is 0 Å². The third kappa shape index (κ3) is 6.25. The molecule has 6 heteroatoms. The van der Waals surface area contributed by atoms with Crippen LogP contribution >= 0.6 is 0 Å². The highest BCUT2D eigenvalue weighted by Crippen LogP contribution is 2.19. The third-order valence-electron chi connectivity index (χ3n) is 3.38. The van der Waals surface area contributed by atoms with Crippen LogP contribution in [-0.2, 0) is 4.79 Å². The molecule has 0 bridgehead atoms. The Labute approximate surface area is 147 Å². The van der Waals surface area contributed by atoms with Crippen molar-refractivity contribution in [2.75, 3.05) is 27.4 Å². The molecule has 1 atom stereocenters. The number of carbonyl (C=O) groups is 1. The first-order valence-corrected chi connectivity index (χ1v) is 7.94. The van der Waals surface area contributed by atoms with E-state index in [2.05, 4.69) is 5.32 Å². The minimum Gasteiger partial charge on any atom is -0.497 e. The van der Waals surface area contributed by atoms with Crippen LogP contribution in [0.5, 0.6) is 23.0 Å². The Kier molecular flexibility index (Phi) is 6.95. The zero-order valence-electron chi connectivity index (χ0n) is 14.7. The van der Waals surface area contributed by atoms with E-state index in [1.165, 1.54) is 0 Å². The molecule has 25 heavy (non-hydrogen) atoms. The van der Waals surface area contributed by atoms with Crippen molar-refractivity contribution >= 4 is 5.91 Å². The smallest absolute Gasteiger partial charge is 0.258 e. The van der Waals surface area contributed by atoms with Crippen molar-refractivity contribution in [1.82, 2.24) is 5.32 Å². The van der Waals surface area contributed by atoms with E-state index in [0.29, 0.717) is 18.1 Å². The molecule has 0 radical (unpaired) electrons. The number of rotatable bonds is 9. The van der Waals surface area contributed by atoms with Gasteiger partial charge in [-0.05, 0) is 43.3 Å². The minimum atomic E-state index is -0.214. The molecule has 0 aliphatic carbocycles. The Balaban J connectivity index is 1.71. The molecular weight excluding hydrogens is 322 g/mol. The van der Waals surface area contributed by atoms with E-state index in [4.69, 9.17) is 18.9 Å². The number of benzene rings is 2. The van der Waals surface area contributed by atoms with Gasteiger partial charge in [0.05, 0.1) is 20.3 Å². The molecule has 0 aromatic heterocycles. The number of amides is 1. The second kappa shape index (κ2) is 9.42. The highest BCUT2D eigenvalue weighted by atomic mass is 16.5. The number of hydrogen-bond acceptors (Lipinski definition) is 5. The fraction of sp³-hybridized carbons (Fsp3) is 0.316. The van der Waals surface area contributed by atoms with Gasteiger partial charge in [0, 0.05) is 6.07 Å². The van der Waals surface area contributed by atoms with Crippen LogP contribution in [0, 0.1) is 0 Å². The normalized spacial score (nSPS) is 11.3. The molecule has 6 nitrogen and oxygen atoms in total. The first-order chi connectivity index (χ1) is 12.1. The van der Waals surface area contributed by atoms with E-state index in [9.17, 15) is 4.79 Å². The number of carbonyl (C=O) groups excluding carboxylic acids is 1. The van der Waals surface area contributed by atoms with Gasteiger partial charge < -0.3 is 24.3 Å². The van der Waals surface area contributed by atoms with Gasteiger partial charge in [-0.1, -0.05) is 6.07 Å². The van der Waals surface area contributed by atoms with Crippen LogP contribution in [0.2, 0.25) is 0 Å². The predicted octanol–water partition coefficient (Wildman–Crippen LogP) is 2.67. The summed E-state index contributed by atoms with van der Waals surface area (Å²) >= 11 is 0. The molecule has 0 aliphatic heterocycles. The van der Waals surface area contributed by atoms with Crippen LogP contribution in [0.3, 0.4) is 0 Å². The molecule has 0 spiro atoms. The van der Waals surface area contributed by atoms with Crippen molar-refractivity contribution in [1.29, 1.82) is 0 Å². The molecule has 2 aromatic rings. The van der Waals surface area contributed by atoms with E-state index in [1.807, 2.05) is 37.3 Å². The monoisotopic (exact) mass is 345 g/mol. The lowest BCUT2D eigenvalue weighted by atomic mass is 10.3. The van der Waals surface area contributed by atoms with Gasteiger partial charge in [0.1, 0.15) is 29.6 Å². The SMILES string of the molecule is COc1ccc(OCC(C)NC(=O)COc2cccc(OC)c2)cc1. The van der Waals surface area contributed by atoms with Crippen molar-refractivity contribution in [2.24, 2.45) is 0 Å². The number of hydrogen-bond donors (Lipinski definition) is 1. The summed E-state index contributed by atoms with van der Waals surface area (Å²) in [5, 5.41) is 2.83. The van der Waals surface area contributed by atoms with Crippen molar-refractivity contribution < 1.29 is 23.7 Å². The maximum Gasteiger partial charge on any atom is 0.258 e. The van der Waals surface area contributed by atoms with Crippen molar-refractivity contribution in [3.05, 3.63) is 48.5 Å². The topological polar surface area (TPSA) is 66.0 Å². The predicted molar refractivity (Wildman–Crippen MR) is 94.6 cm³/mol. The quantitative estimate of drug-likeness (QED) is 0.757. The van der Waals surface area contributed by atoms with Gasteiger partial charge in [-0.3, -0.25) is 4.79 Å². The Morgan fingerprint density at radius 1 is 0.920 bits per heavy atom. The van der Waals surface area contributed by atoms with Gasteiger partial charge in [0.25, 0.3) is 5.91 Å². The zero-order valence-corrected chi connectivity index (χ0v) is 14.7. The Morgan fingerprint density at radius 3 is 2.24 bits per heavy atom. The molecule has 1 amide bonds. The molecule has 1 N–H and O–H groups in total. The molecule has 0 saturated carbocycles. The van der Waals surface area contributed by atoms with Gasteiger partial charge in [-0.15, -0.1) is 0 Å². The minimum absolute atomic E-state index is 0.0694. The second-order valence-corrected chi connectivity index (χ2v) is 5.42. The largest absolute Gasteiger partial charge is 0.497 e. The molecular formula is C19H23NO5. The first kappa shape index (κ1) is 18.4. The zero-order chi connectivity index (χ0) is 18.1. The van der Waals surface area contributed by atoms with E-state index >= 15 is 0 Å². The molecule has 0 saturated heterocycles. The summed E-state index contributed by atoms with van der Waals surface area (Å²) in [4.78, 5) is 11.9. The van der Waals surface area contributed by atoms with Crippen LogP contribution in [0.25, 0.3) is 0 Å². The summed E-state index contributed by atoms with van der Waals surface area (Å²) in [6.45, 7) is 2.16. The summed E-state index contributed by atoms with van der Waals surface area (Å²) in [6, 6.07) is 14.2. The second-order valence-electron chi connectivity index (χ2n) is 5.42. The van der Waals surface area contributed by atoms with E-state index in [-0.39, 0.29) is 18.6 Å². The molecule has 2 rings (SSSR count). The van der Waals surface area contributed by atoms with Gasteiger partial charge in [0.2, 0.25) is 0 Å². The molecule has 2 aromatic carbocycles. The lowest BCUT2D eigenvalue weighted by molar-refractivity contribution is -0.123. The van der Waals surface area contributed by atoms with Gasteiger partial charge in [-0.2, -0.15) is 0 Å². The van der Waals surface area contributed by atoms with Crippen LogP contribution in [0.1, 0.15) is 6.92 Å². The average molecular weight is 345 g/mol. The van der Waals surface area contributed by atoms with Gasteiger partial charge in [0.15, 0.2) is 6.61 Å². The Morgan fingerprint density at radius 2 is 1.56 bits per heavy atom. The Bertz CT molecular complexity index is 672. The summed E-state index contributed by atoms with van der Waals surface area (Å²) < 4.78 is 21.3. The maximum absolute atomic E-state index is 11.9. The number of methoxy groups -OCH3 is 2. The van der Waals surface area contributed by atoms with Crippen LogP contribution in [0.4, 0.5) is 0 Å². The summed E-state index contributed by atoms with van der Waals surface area (Å²) in [5.74, 6) is 2.53. The first-order valence-electron chi connectivity index (χ1n) is 7.94. The van der Waals surface area contributed by atoms with Crippen LogP contribution in [-0.4, -0.2) is 39.4 Å². The van der Waals surface area contributed by atoms with E-state index in [0.717, 1.165) is 11.5 Å². The lowest BCUT2D eigenvalue weighted by Crippen LogP contribution is -2.39. The third-order valence-corrected chi connectivity index (χ3v) is 3.38. The molecule has 0 fully saturated rings. The van der Waals surface area contributed by atoms with Crippen molar-refractivity contribution in [3.8, 4) is 23.0 Å². The lowest BCUT2D eigenvalue weighted by Gasteiger charge is -2.15. The molecule has 0 heterocycles. The number of ether oxygens (including phenoxy) is 4. The van der Waals surface area contributed by atoms with Gasteiger partial charge >= 0.3 is 0 Å². The summed E-state index contributed by atoms with van der Waals surface area (Å²) in [5.41, 5.74) is 0. The Hall–Kier alpha value is -2.89. The summed E-state index contributed by atoms with van der Waals surface area (Å²) in [6.07, 6.45) is 0. The van der Waals surface area contributed by atoms with Crippen molar-refractivity contribution in [2.45, 2.75) is 13.0 Å². The van der Waals surface area contributed by atoms with E-state index in [1.54, 1.807) is 32.4 Å². The summed E-state index contributed by atoms with van der Waals surface area (Å²) in [7, 11) is 3.19. The molecule has 0 aliphatic rings. The highest BCUT2D eigenvalue weighted by Gasteiger charge is 2.09. The average Bonchev–Trinajstić information content (AvgIpc) is 2.65. The maximum atomic E-state index is 11.9. The fourth-order valence-corrected chi connectivity index (χ4v) is 2.09. The van der Waals surface area contributed by atoms with Crippen LogP contribution in [0.15, 0.2) is 48.5 Å². The van der Waals surface area contributed by atoms with Gasteiger partial charge in [-0.25, -0.2) is 0 Å². The highest BCUT2D eigenvalue weighted by molar-refractivity contribution is 5.77. The van der Waals surface area contributed by atoms with Crippen LogP contribution < -0.4 is 24.3 Å². The molecule has 134 valence electrons. The fourth-order valence-electron chi connectivity index (χ4n) is 2.09. The van der Waals surface area contributed by atoms with E-state index < -0.39 is 0 Å². The number of nitrogens with one attached hydrogen (secondary N) is 1. The standard InChI is InChI=1S/C19H23NO5/c1-14(12-24-16-9-7-15(22-2)8-10-16)20-19(21)13-25-18-6-4-5-17(11-18)23-3/h4-11,14H,12-13H2,1-3H3,(H,20,21). The molecule has 1 unspecified atom stereocenters.